The molecule has 1 aliphatic rings. The van der Waals surface area contributed by atoms with E-state index in [0.717, 1.165) is 16.6 Å². The Hall–Kier alpha value is -1.69. The van der Waals surface area contributed by atoms with Crippen molar-refractivity contribution in [3.8, 4) is 0 Å². The number of carbonyl (C=O) groups excluding carboxylic acids is 1. The maximum absolute atomic E-state index is 11.7. The van der Waals surface area contributed by atoms with E-state index >= 15 is 0 Å². The highest BCUT2D eigenvalue weighted by molar-refractivity contribution is 7.80. The van der Waals surface area contributed by atoms with Crippen molar-refractivity contribution in [2.45, 2.75) is 6.04 Å². The van der Waals surface area contributed by atoms with E-state index in [-0.39, 0.29) is 12.1 Å². The Kier molecular flexibility index (Phi) is 2.87. The molecule has 2 aromatic rings. The number of fused-ring (bicyclic) bond motifs is 1. The Bertz CT molecular complexity index is 582. The molecule has 0 bridgehead atoms. The number of amides is 2. The number of H-pyrrole nitrogens is 1. The number of thiol groups is 1. The Morgan fingerprint density at radius 1 is 1.50 bits per heavy atom. The van der Waals surface area contributed by atoms with E-state index in [1.165, 1.54) is 0 Å². The van der Waals surface area contributed by atoms with Crippen molar-refractivity contribution in [3.05, 3.63) is 30.1 Å². The maximum Gasteiger partial charge on any atom is 0.318 e. The van der Waals surface area contributed by atoms with Crippen molar-refractivity contribution >= 4 is 29.7 Å². The number of benzene rings is 1. The second-order valence-corrected chi connectivity index (χ2v) is 4.80. The Morgan fingerprint density at radius 2 is 2.39 bits per heavy atom. The molecule has 1 aromatic heterocycles. The van der Waals surface area contributed by atoms with E-state index in [1.807, 2.05) is 18.2 Å². The molecule has 2 heterocycles. The first-order valence-corrected chi connectivity index (χ1v) is 6.50. The summed E-state index contributed by atoms with van der Waals surface area (Å²) in [5.41, 5.74) is 3.03. The number of hydrogen-bond donors (Lipinski definition) is 3. The molecule has 1 unspecified atom stereocenters. The average molecular weight is 262 g/mol. The summed E-state index contributed by atoms with van der Waals surface area (Å²) >= 11 is 4.16. The third-order valence-corrected chi connectivity index (χ3v) is 3.40. The molecule has 2 N–H and O–H groups in total. The van der Waals surface area contributed by atoms with Crippen molar-refractivity contribution in [2.75, 3.05) is 18.8 Å². The normalized spacial score (nSPS) is 19.5. The number of imidazole rings is 1. The number of nitrogens with one attached hydrogen (secondary N) is 2. The fraction of sp³-hybridized carbons (Fsp3) is 0.333. The van der Waals surface area contributed by atoms with Crippen LogP contribution in [0.4, 0.5) is 4.79 Å². The molecule has 0 spiro atoms. The van der Waals surface area contributed by atoms with Crippen molar-refractivity contribution in [1.82, 2.24) is 20.2 Å². The Morgan fingerprint density at radius 3 is 3.22 bits per heavy atom. The lowest BCUT2D eigenvalue weighted by molar-refractivity contribution is 0.220. The fourth-order valence-electron chi connectivity index (χ4n) is 2.26. The summed E-state index contributed by atoms with van der Waals surface area (Å²) in [6, 6.07) is 6.05. The molecule has 5 nitrogen and oxygen atoms in total. The van der Waals surface area contributed by atoms with Gasteiger partial charge in [-0.05, 0) is 17.7 Å². The second kappa shape index (κ2) is 4.53. The highest BCUT2D eigenvalue weighted by Crippen LogP contribution is 2.22. The van der Waals surface area contributed by atoms with Gasteiger partial charge in [0.2, 0.25) is 0 Å². The summed E-state index contributed by atoms with van der Waals surface area (Å²) in [5.74, 6) is 0.680. The number of aromatic amines is 1. The van der Waals surface area contributed by atoms with Gasteiger partial charge in [-0.25, -0.2) is 9.78 Å². The molecule has 1 aromatic carbocycles. The minimum Gasteiger partial charge on any atom is -0.345 e. The van der Waals surface area contributed by atoms with Crippen molar-refractivity contribution in [2.24, 2.45) is 0 Å². The van der Waals surface area contributed by atoms with Crippen LogP contribution in [0.1, 0.15) is 11.6 Å². The van der Waals surface area contributed by atoms with E-state index in [9.17, 15) is 4.79 Å². The van der Waals surface area contributed by atoms with Crippen LogP contribution in [0.2, 0.25) is 0 Å². The summed E-state index contributed by atoms with van der Waals surface area (Å²) in [6.45, 7) is 1.37. The molecule has 1 atom stereocenters. The molecule has 2 amide bonds. The third-order valence-electron chi connectivity index (χ3n) is 3.20. The Labute approximate surface area is 110 Å². The number of urea groups is 1. The topological polar surface area (TPSA) is 61.0 Å². The van der Waals surface area contributed by atoms with Gasteiger partial charge in [-0.1, -0.05) is 6.07 Å². The smallest absolute Gasteiger partial charge is 0.318 e. The first-order valence-electron chi connectivity index (χ1n) is 5.87. The van der Waals surface area contributed by atoms with Gasteiger partial charge in [0.1, 0.15) is 0 Å². The molecule has 1 aliphatic heterocycles. The summed E-state index contributed by atoms with van der Waals surface area (Å²) < 4.78 is 0. The van der Waals surface area contributed by atoms with E-state index in [1.54, 1.807) is 11.2 Å². The van der Waals surface area contributed by atoms with Crippen molar-refractivity contribution in [1.29, 1.82) is 0 Å². The quantitative estimate of drug-likeness (QED) is 0.735. The molecule has 94 valence electrons. The zero-order chi connectivity index (χ0) is 12.5. The monoisotopic (exact) mass is 262 g/mol. The molecule has 18 heavy (non-hydrogen) atoms. The molecular formula is C12H14N4OS. The molecule has 6 heteroatoms. The minimum absolute atomic E-state index is 0.0150. The van der Waals surface area contributed by atoms with Crippen LogP contribution in [0.3, 0.4) is 0 Å². The zero-order valence-corrected chi connectivity index (χ0v) is 10.7. The van der Waals surface area contributed by atoms with Crippen LogP contribution in [-0.4, -0.2) is 39.7 Å². The van der Waals surface area contributed by atoms with Gasteiger partial charge in [0.05, 0.1) is 23.4 Å². The maximum atomic E-state index is 11.7. The molecular weight excluding hydrogens is 248 g/mol. The largest absolute Gasteiger partial charge is 0.345 e. The van der Waals surface area contributed by atoms with Crippen LogP contribution in [0, 0.1) is 0 Å². The predicted octanol–water partition coefficient (Wildman–Crippen LogP) is 1.56. The molecule has 1 fully saturated rings. The van der Waals surface area contributed by atoms with Gasteiger partial charge in [0, 0.05) is 18.8 Å². The van der Waals surface area contributed by atoms with Crippen LogP contribution >= 0.6 is 12.6 Å². The standard InChI is InChI=1S/C12H14N4OS/c17-12-15-11(6-16(12)3-4-18)8-1-2-9-10(5-8)14-7-13-9/h1-2,5,7,11,18H,3-4,6H2,(H,13,14)(H,15,17). The number of rotatable bonds is 3. The molecule has 0 radical (unpaired) electrons. The number of hydrogen-bond acceptors (Lipinski definition) is 3. The predicted molar refractivity (Wildman–Crippen MR) is 72.8 cm³/mol. The molecule has 1 saturated heterocycles. The SMILES string of the molecule is O=C1NC(c2ccc3nc[nH]c3c2)CN1CCS. The average Bonchev–Trinajstić information content (AvgIpc) is 2.96. The van der Waals surface area contributed by atoms with Gasteiger partial charge in [-0.2, -0.15) is 12.6 Å². The lowest BCUT2D eigenvalue weighted by Crippen LogP contribution is -2.29. The number of carbonyl (C=O) groups is 1. The summed E-state index contributed by atoms with van der Waals surface area (Å²) in [6.07, 6.45) is 1.68. The van der Waals surface area contributed by atoms with Crippen LogP contribution < -0.4 is 5.32 Å². The fourth-order valence-corrected chi connectivity index (χ4v) is 2.50. The van der Waals surface area contributed by atoms with Gasteiger partial charge >= 0.3 is 6.03 Å². The van der Waals surface area contributed by atoms with E-state index in [4.69, 9.17) is 0 Å². The van der Waals surface area contributed by atoms with Gasteiger partial charge in [-0.3, -0.25) is 0 Å². The van der Waals surface area contributed by atoms with Gasteiger partial charge < -0.3 is 15.2 Å². The van der Waals surface area contributed by atoms with E-state index in [2.05, 4.69) is 27.9 Å². The van der Waals surface area contributed by atoms with E-state index in [0.29, 0.717) is 18.8 Å². The van der Waals surface area contributed by atoms with Crippen LogP contribution in [0.5, 0.6) is 0 Å². The third kappa shape index (κ3) is 1.92. The first kappa shape index (κ1) is 11.4. The van der Waals surface area contributed by atoms with Crippen molar-refractivity contribution in [3.63, 3.8) is 0 Å². The second-order valence-electron chi connectivity index (χ2n) is 4.35. The van der Waals surface area contributed by atoms with Gasteiger partial charge in [-0.15, -0.1) is 0 Å². The zero-order valence-electron chi connectivity index (χ0n) is 9.76. The Balaban J connectivity index is 1.84. The van der Waals surface area contributed by atoms with Crippen LogP contribution in [0.25, 0.3) is 11.0 Å². The minimum atomic E-state index is -0.0150. The number of aromatic nitrogens is 2. The highest BCUT2D eigenvalue weighted by atomic mass is 32.1. The molecule has 3 rings (SSSR count). The summed E-state index contributed by atoms with van der Waals surface area (Å²) in [5, 5.41) is 2.98. The van der Waals surface area contributed by atoms with Gasteiger partial charge in [0.25, 0.3) is 0 Å². The summed E-state index contributed by atoms with van der Waals surface area (Å²) in [4.78, 5) is 20.8. The highest BCUT2D eigenvalue weighted by Gasteiger charge is 2.29. The molecule has 0 aliphatic carbocycles. The summed E-state index contributed by atoms with van der Waals surface area (Å²) in [7, 11) is 0. The first-order chi connectivity index (χ1) is 8.78. The number of nitrogens with zero attached hydrogens (tertiary/aromatic N) is 2. The van der Waals surface area contributed by atoms with Crippen LogP contribution in [-0.2, 0) is 0 Å². The van der Waals surface area contributed by atoms with Crippen LogP contribution in [0.15, 0.2) is 24.5 Å². The van der Waals surface area contributed by atoms with Crippen molar-refractivity contribution < 1.29 is 4.79 Å². The molecule has 0 saturated carbocycles. The lowest BCUT2D eigenvalue weighted by atomic mass is 10.1. The van der Waals surface area contributed by atoms with E-state index < -0.39 is 0 Å². The van der Waals surface area contributed by atoms with Gasteiger partial charge in [0.15, 0.2) is 0 Å². The lowest BCUT2D eigenvalue weighted by Gasteiger charge is -2.12.